The molecule has 0 fully saturated rings. The fraction of sp³-hybridized carbons (Fsp3) is 0.167. The van der Waals surface area contributed by atoms with E-state index in [2.05, 4.69) is 10.6 Å². The van der Waals surface area contributed by atoms with E-state index < -0.39 is 0 Å². The van der Waals surface area contributed by atoms with E-state index in [9.17, 15) is 14.4 Å². The highest BCUT2D eigenvalue weighted by Gasteiger charge is 2.11. The summed E-state index contributed by atoms with van der Waals surface area (Å²) in [5, 5.41) is 5.45. The molecule has 0 heterocycles. The number of nitrogens with one attached hydrogen (secondary N) is 2. The smallest absolute Gasteiger partial charge is 0.255 e. The SMILES string of the molecule is CC(=O)CC(=O)Nc1cc(C(=O)Nc2ccccc2)ccc1C. The van der Waals surface area contributed by atoms with Gasteiger partial charge in [-0.2, -0.15) is 0 Å². The maximum atomic E-state index is 12.3. The molecule has 0 unspecified atom stereocenters. The van der Waals surface area contributed by atoms with Crippen LogP contribution in [0.25, 0.3) is 0 Å². The van der Waals surface area contributed by atoms with Crippen molar-refractivity contribution in [3.8, 4) is 0 Å². The van der Waals surface area contributed by atoms with Gasteiger partial charge in [0.15, 0.2) is 0 Å². The number of Topliss-reactive ketones (excluding diaryl/α,β-unsaturated/α-hetero) is 1. The Bertz CT molecular complexity index is 739. The fourth-order valence-electron chi connectivity index (χ4n) is 2.04. The Morgan fingerprint density at radius 1 is 0.957 bits per heavy atom. The van der Waals surface area contributed by atoms with Crippen LogP contribution in [0.2, 0.25) is 0 Å². The van der Waals surface area contributed by atoms with Gasteiger partial charge in [0, 0.05) is 16.9 Å². The molecule has 0 aliphatic heterocycles. The minimum atomic E-state index is -0.388. The molecule has 0 saturated carbocycles. The van der Waals surface area contributed by atoms with Crippen molar-refractivity contribution >= 4 is 29.0 Å². The van der Waals surface area contributed by atoms with Gasteiger partial charge >= 0.3 is 0 Å². The molecule has 0 radical (unpaired) electrons. The molecule has 0 aliphatic rings. The second-order valence-corrected chi connectivity index (χ2v) is 5.28. The number of aryl methyl sites for hydroxylation is 1. The van der Waals surface area contributed by atoms with E-state index in [1.807, 2.05) is 25.1 Å². The zero-order valence-electron chi connectivity index (χ0n) is 13.1. The first-order chi connectivity index (χ1) is 11.0. The van der Waals surface area contributed by atoms with Crippen molar-refractivity contribution in [1.29, 1.82) is 0 Å². The zero-order valence-corrected chi connectivity index (χ0v) is 13.1. The second kappa shape index (κ2) is 7.35. The number of para-hydroxylation sites is 1. The van der Waals surface area contributed by atoms with Gasteiger partial charge in [-0.1, -0.05) is 24.3 Å². The Morgan fingerprint density at radius 3 is 2.30 bits per heavy atom. The molecule has 0 spiro atoms. The van der Waals surface area contributed by atoms with Gasteiger partial charge in [0.25, 0.3) is 5.91 Å². The topological polar surface area (TPSA) is 75.3 Å². The van der Waals surface area contributed by atoms with Crippen molar-refractivity contribution in [3.05, 3.63) is 59.7 Å². The summed E-state index contributed by atoms with van der Waals surface area (Å²) in [4.78, 5) is 35.0. The monoisotopic (exact) mass is 310 g/mol. The van der Waals surface area contributed by atoms with E-state index in [-0.39, 0.29) is 24.0 Å². The first kappa shape index (κ1) is 16.4. The highest BCUT2D eigenvalue weighted by Crippen LogP contribution is 2.18. The lowest BCUT2D eigenvalue weighted by Gasteiger charge is -2.10. The average molecular weight is 310 g/mol. The van der Waals surface area contributed by atoms with Crippen LogP contribution in [-0.4, -0.2) is 17.6 Å². The first-order valence-corrected chi connectivity index (χ1v) is 7.22. The van der Waals surface area contributed by atoms with Gasteiger partial charge in [0.05, 0.1) is 6.42 Å². The number of carbonyl (C=O) groups is 3. The fourth-order valence-corrected chi connectivity index (χ4v) is 2.04. The summed E-state index contributed by atoms with van der Waals surface area (Å²) in [5.74, 6) is -0.863. The van der Waals surface area contributed by atoms with Crippen molar-refractivity contribution in [2.24, 2.45) is 0 Å². The molecule has 2 rings (SSSR count). The lowest BCUT2D eigenvalue weighted by atomic mass is 10.1. The van der Waals surface area contributed by atoms with Gasteiger partial charge in [-0.3, -0.25) is 14.4 Å². The molecule has 0 aromatic heterocycles. The molecule has 2 N–H and O–H groups in total. The van der Waals surface area contributed by atoms with E-state index in [0.29, 0.717) is 16.9 Å². The summed E-state index contributed by atoms with van der Waals surface area (Å²) in [7, 11) is 0. The first-order valence-electron chi connectivity index (χ1n) is 7.22. The Hall–Kier alpha value is -2.95. The summed E-state index contributed by atoms with van der Waals surface area (Å²) < 4.78 is 0. The number of hydrogen-bond donors (Lipinski definition) is 2. The Labute approximate surface area is 134 Å². The Morgan fingerprint density at radius 2 is 1.65 bits per heavy atom. The van der Waals surface area contributed by atoms with E-state index in [0.717, 1.165) is 5.56 Å². The molecule has 2 aromatic rings. The third kappa shape index (κ3) is 4.78. The van der Waals surface area contributed by atoms with Crippen LogP contribution in [0.3, 0.4) is 0 Å². The number of hydrogen-bond acceptors (Lipinski definition) is 3. The zero-order chi connectivity index (χ0) is 16.8. The van der Waals surface area contributed by atoms with Gasteiger partial charge in [0.1, 0.15) is 5.78 Å². The van der Waals surface area contributed by atoms with Crippen LogP contribution in [-0.2, 0) is 9.59 Å². The summed E-state index contributed by atoms with van der Waals surface area (Å²) >= 11 is 0. The van der Waals surface area contributed by atoms with Gasteiger partial charge in [0.2, 0.25) is 5.91 Å². The summed E-state index contributed by atoms with van der Waals surface area (Å²) in [6.45, 7) is 3.18. The third-order valence-corrected chi connectivity index (χ3v) is 3.22. The number of anilines is 2. The van der Waals surface area contributed by atoms with Crippen LogP contribution in [0.5, 0.6) is 0 Å². The van der Waals surface area contributed by atoms with Crippen molar-refractivity contribution in [2.75, 3.05) is 10.6 Å². The highest BCUT2D eigenvalue weighted by molar-refractivity contribution is 6.07. The largest absolute Gasteiger partial charge is 0.325 e. The molecule has 0 bridgehead atoms. The minimum Gasteiger partial charge on any atom is -0.325 e. The molecule has 0 saturated heterocycles. The van der Waals surface area contributed by atoms with Crippen molar-refractivity contribution < 1.29 is 14.4 Å². The molecule has 5 nitrogen and oxygen atoms in total. The molecular formula is C18H18N2O3. The molecule has 0 atom stereocenters. The maximum absolute atomic E-state index is 12.3. The van der Waals surface area contributed by atoms with Crippen molar-refractivity contribution in [2.45, 2.75) is 20.3 Å². The minimum absolute atomic E-state index is 0.181. The highest BCUT2D eigenvalue weighted by atomic mass is 16.2. The molecule has 23 heavy (non-hydrogen) atoms. The summed E-state index contributed by atoms with van der Waals surface area (Å²) in [6.07, 6.45) is -0.181. The molecule has 0 aliphatic carbocycles. The number of amides is 2. The van der Waals surface area contributed by atoms with Crippen molar-refractivity contribution in [3.63, 3.8) is 0 Å². The van der Waals surface area contributed by atoms with Crippen LogP contribution in [0, 0.1) is 6.92 Å². The lowest BCUT2D eigenvalue weighted by Crippen LogP contribution is -2.17. The van der Waals surface area contributed by atoms with E-state index >= 15 is 0 Å². The van der Waals surface area contributed by atoms with E-state index in [1.165, 1.54) is 6.92 Å². The van der Waals surface area contributed by atoms with Crippen LogP contribution < -0.4 is 10.6 Å². The summed E-state index contributed by atoms with van der Waals surface area (Å²) in [5.41, 5.74) is 2.47. The van der Waals surface area contributed by atoms with Crippen LogP contribution in [0.1, 0.15) is 29.3 Å². The predicted octanol–water partition coefficient (Wildman–Crippen LogP) is 3.16. The number of ketones is 1. The van der Waals surface area contributed by atoms with Crippen LogP contribution in [0.4, 0.5) is 11.4 Å². The predicted molar refractivity (Wildman–Crippen MR) is 89.5 cm³/mol. The number of rotatable bonds is 5. The normalized spacial score (nSPS) is 10.0. The van der Waals surface area contributed by atoms with Crippen molar-refractivity contribution in [1.82, 2.24) is 0 Å². The quantitative estimate of drug-likeness (QED) is 0.833. The number of carbonyl (C=O) groups excluding carboxylic acids is 3. The lowest BCUT2D eigenvalue weighted by molar-refractivity contribution is -0.124. The Kier molecular flexibility index (Phi) is 5.25. The molecule has 2 amide bonds. The van der Waals surface area contributed by atoms with Gasteiger partial charge in [-0.05, 0) is 43.7 Å². The van der Waals surface area contributed by atoms with Crippen LogP contribution in [0.15, 0.2) is 48.5 Å². The summed E-state index contributed by atoms with van der Waals surface area (Å²) in [6, 6.07) is 14.2. The van der Waals surface area contributed by atoms with Gasteiger partial charge < -0.3 is 10.6 Å². The van der Waals surface area contributed by atoms with Gasteiger partial charge in [-0.25, -0.2) is 0 Å². The second-order valence-electron chi connectivity index (χ2n) is 5.28. The van der Waals surface area contributed by atoms with E-state index in [1.54, 1.807) is 30.3 Å². The van der Waals surface area contributed by atoms with Gasteiger partial charge in [-0.15, -0.1) is 0 Å². The number of benzene rings is 2. The maximum Gasteiger partial charge on any atom is 0.255 e. The average Bonchev–Trinajstić information content (AvgIpc) is 2.49. The molecule has 2 aromatic carbocycles. The standard InChI is InChI=1S/C18H18N2O3/c1-12-8-9-14(11-16(12)20-17(22)10-13(2)21)18(23)19-15-6-4-3-5-7-15/h3-9,11H,10H2,1-2H3,(H,19,23)(H,20,22). The van der Waals surface area contributed by atoms with E-state index in [4.69, 9.17) is 0 Å². The molecular weight excluding hydrogens is 292 g/mol. The molecule has 5 heteroatoms. The Balaban J connectivity index is 2.14. The van der Waals surface area contributed by atoms with Crippen LogP contribution >= 0.6 is 0 Å². The molecule has 118 valence electrons. The third-order valence-electron chi connectivity index (χ3n) is 3.22.